The van der Waals surface area contributed by atoms with Crippen LogP contribution in [0.1, 0.15) is 87.5 Å². The number of sulfone groups is 1. The fourth-order valence-electron chi connectivity index (χ4n) is 4.21. The van der Waals surface area contributed by atoms with E-state index in [0.29, 0.717) is 24.3 Å². The Morgan fingerprint density at radius 1 is 0.750 bits per heavy atom. The monoisotopic (exact) mass is 624 g/mol. The third kappa shape index (κ3) is 11.9. The Labute approximate surface area is 259 Å². The van der Waals surface area contributed by atoms with Crippen LogP contribution >= 0.6 is 0 Å². The summed E-state index contributed by atoms with van der Waals surface area (Å²) in [5, 5.41) is 0. The van der Waals surface area contributed by atoms with Crippen LogP contribution in [0, 0.1) is 0 Å². The van der Waals surface area contributed by atoms with Crippen LogP contribution < -0.4 is 4.74 Å². The van der Waals surface area contributed by atoms with Crippen molar-refractivity contribution in [3.63, 3.8) is 0 Å². The molecule has 236 valence electrons. The third-order valence-electron chi connectivity index (χ3n) is 6.47. The molecule has 2 aromatic carbocycles. The Bertz CT molecular complexity index is 1500. The minimum absolute atomic E-state index is 0.0690. The average molecular weight is 625 g/mol. The first-order valence-electron chi connectivity index (χ1n) is 14.6. The van der Waals surface area contributed by atoms with Crippen LogP contribution in [0.25, 0.3) is 0 Å². The van der Waals surface area contributed by atoms with Crippen LogP contribution in [0.2, 0.25) is 0 Å². The number of aromatic nitrogens is 2. The number of aryl methyl sites for hydroxylation is 1. The predicted molar refractivity (Wildman–Crippen MR) is 164 cm³/mol. The van der Waals surface area contributed by atoms with Gasteiger partial charge >= 0.3 is 11.9 Å². The molecule has 3 rings (SSSR count). The lowest BCUT2D eigenvalue weighted by Crippen LogP contribution is -2.23. The maximum absolute atomic E-state index is 12.9. The molecule has 0 atom stereocenters. The fraction of sp³-hybridized carbons (Fsp3) is 0.424. The maximum Gasteiger partial charge on any atom is 0.306 e. The Kier molecular flexibility index (Phi) is 12.6. The molecule has 0 unspecified atom stereocenters. The molecule has 0 amide bonds. The molecule has 0 aliphatic heterocycles. The van der Waals surface area contributed by atoms with E-state index >= 15 is 0 Å². The SMILES string of the molecule is COC(=O)CCCC(=O)c1cnc(CS(=O)(=O)c2ccc(Oc3ccc(CCCCCC(=O)OC(C)(C)C)cc3)cc2)nc1. The highest BCUT2D eigenvalue weighted by atomic mass is 32.2. The molecule has 0 aliphatic rings. The first kappa shape index (κ1) is 34.4. The Hall–Kier alpha value is -4.12. The van der Waals surface area contributed by atoms with Gasteiger partial charge in [-0.1, -0.05) is 18.6 Å². The van der Waals surface area contributed by atoms with Gasteiger partial charge in [-0.15, -0.1) is 0 Å². The van der Waals surface area contributed by atoms with Crippen LogP contribution in [0.4, 0.5) is 0 Å². The smallest absolute Gasteiger partial charge is 0.306 e. The molecule has 0 bridgehead atoms. The predicted octanol–water partition coefficient (Wildman–Crippen LogP) is 6.21. The summed E-state index contributed by atoms with van der Waals surface area (Å²) >= 11 is 0. The summed E-state index contributed by atoms with van der Waals surface area (Å²) in [5.74, 6) is -0.0230. The minimum atomic E-state index is -3.74. The Morgan fingerprint density at radius 3 is 1.93 bits per heavy atom. The van der Waals surface area contributed by atoms with E-state index in [9.17, 15) is 22.8 Å². The topological polar surface area (TPSA) is 139 Å². The van der Waals surface area contributed by atoms with Gasteiger partial charge in [0.05, 0.1) is 17.6 Å². The number of hydrogen-bond donors (Lipinski definition) is 0. The molecule has 0 aliphatic carbocycles. The molecule has 10 nitrogen and oxygen atoms in total. The van der Waals surface area contributed by atoms with Crippen molar-refractivity contribution in [1.29, 1.82) is 0 Å². The number of Topliss-reactive ketones (excluding diaryl/α,β-unsaturated/α-hetero) is 1. The number of unbranched alkanes of at least 4 members (excludes halogenated alkanes) is 2. The van der Waals surface area contributed by atoms with Gasteiger partial charge in [0.1, 0.15) is 28.7 Å². The molecule has 0 fully saturated rings. The highest BCUT2D eigenvalue weighted by molar-refractivity contribution is 7.90. The van der Waals surface area contributed by atoms with Crippen LogP contribution in [-0.4, -0.2) is 48.8 Å². The van der Waals surface area contributed by atoms with Crippen molar-refractivity contribution in [2.24, 2.45) is 0 Å². The molecule has 0 radical (unpaired) electrons. The fourth-order valence-corrected chi connectivity index (χ4v) is 5.42. The number of nitrogens with zero attached hydrogens (tertiary/aromatic N) is 2. The van der Waals surface area contributed by atoms with Crippen molar-refractivity contribution < 1.29 is 37.0 Å². The van der Waals surface area contributed by atoms with Gasteiger partial charge in [0, 0.05) is 31.7 Å². The van der Waals surface area contributed by atoms with Gasteiger partial charge in [-0.05, 0) is 88.4 Å². The number of esters is 2. The zero-order chi connectivity index (χ0) is 32.2. The van der Waals surface area contributed by atoms with Crippen molar-refractivity contribution in [3.05, 3.63) is 77.9 Å². The van der Waals surface area contributed by atoms with E-state index in [1.807, 2.05) is 45.0 Å². The average Bonchev–Trinajstić information content (AvgIpc) is 2.97. The zero-order valence-electron chi connectivity index (χ0n) is 25.7. The lowest BCUT2D eigenvalue weighted by molar-refractivity contribution is -0.155. The van der Waals surface area contributed by atoms with E-state index in [-0.39, 0.29) is 46.8 Å². The number of carbonyl (C=O) groups excluding carboxylic acids is 3. The quantitative estimate of drug-likeness (QED) is 0.103. The van der Waals surface area contributed by atoms with Gasteiger partial charge in [-0.3, -0.25) is 14.4 Å². The Balaban J connectivity index is 1.45. The number of hydrogen-bond acceptors (Lipinski definition) is 10. The van der Waals surface area contributed by atoms with Crippen molar-refractivity contribution in [3.8, 4) is 11.5 Å². The first-order valence-corrected chi connectivity index (χ1v) is 16.2. The summed E-state index contributed by atoms with van der Waals surface area (Å²) in [5.41, 5.74) is 0.959. The summed E-state index contributed by atoms with van der Waals surface area (Å²) < 4.78 is 41.6. The molecule has 0 spiro atoms. The normalized spacial score (nSPS) is 11.5. The largest absolute Gasteiger partial charge is 0.469 e. The molecule has 3 aromatic rings. The van der Waals surface area contributed by atoms with E-state index in [0.717, 1.165) is 31.2 Å². The van der Waals surface area contributed by atoms with E-state index in [4.69, 9.17) is 9.47 Å². The molecule has 1 aromatic heterocycles. The van der Waals surface area contributed by atoms with Crippen LogP contribution in [0.3, 0.4) is 0 Å². The van der Waals surface area contributed by atoms with E-state index < -0.39 is 21.2 Å². The number of rotatable bonds is 16. The third-order valence-corrected chi connectivity index (χ3v) is 8.10. The van der Waals surface area contributed by atoms with E-state index in [2.05, 4.69) is 14.7 Å². The van der Waals surface area contributed by atoms with Crippen LogP contribution in [0.15, 0.2) is 65.8 Å². The molecule has 44 heavy (non-hydrogen) atoms. The van der Waals surface area contributed by atoms with E-state index in [1.54, 1.807) is 12.1 Å². The number of benzene rings is 2. The lowest BCUT2D eigenvalue weighted by atomic mass is 10.1. The van der Waals surface area contributed by atoms with Gasteiger partial charge in [-0.25, -0.2) is 18.4 Å². The van der Waals surface area contributed by atoms with Crippen LogP contribution in [0.5, 0.6) is 11.5 Å². The van der Waals surface area contributed by atoms with Crippen molar-refractivity contribution >= 4 is 27.6 Å². The molecular weight excluding hydrogens is 584 g/mol. The summed E-state index contributed by atoms with van der Waals surface area (Å²) in [4.78, 5) is 43.4. The molecule has 0 saturated carbocycles. The first-order chi connectivity index (χ1) is 20.8. The number of ether oxygens (including phenoxy) is 3. The second-order valence-electron chi connectivity index (χ2n) is 11.4. The molecule has 0 saturated heterocycles. The van der Waals surface area contributed by atoms with Crippen LogP contribution in [-0.2, 0) is 41.1 Å². The zero-order valence-corrected chi connectivity index (χ0v) is 26.5. The van der Waals surface area contributed by atoms with E-state index in [1.165, 1.54) is 31.6 Å². The number of methoxy groups -OCH3 is 1. The van der Waals surface area contributed by atoms with Gasteiger partial charge in [0.25, 0.3) is 0 Å². The Morgan fingerprint density at radius 2 is 1.34 bits per heavy atom. The minimum Gasteiger partial charge on any atom is -0.469 e. The van der Waals surface area contributed by atoms with Gasteiger partial charge < -0.3 is 14.2 Å². The number of carbonyl (C=O) groups is 3. The summed E-state index contributed by atoms with van der Waals surface area (Å²) in [7, 11) is -2.45. The van der Waals surface area contributed by atoms with Crippen molar-refractivity contribution in [1.82, 2.24) is 9.97 Å². The standard InChI is InChI=1S/C33H40N2O8S/c1-33(2,3)43-32(38)11-7-5-6-9-24-13-15-26(16-14-24)42-27-17-19-28(20-18-27)44(39,40)23-30-34-21-25(22-35-30)29(36)10-8-12-31(37)41-4/h13-22H,5-12,23H2,1-4H3. The van der Waals surface area contributed by atoms with Gasteiger partial charge in [0.2, 0.25) is 0 Å². The highest BCUT2D eigenvalue weighted by Crippen LogP contribution is 2.25. The number of ketones is 1. The van der Waals surface area contributed by atoms with Crippen molar-refractivity contribution in [2.75, 3.05) is 7.11 Å². The molecular formula is C33H40N2O8S. The molecule has 0 N–H and O–H groups in total. The summed E-state index contributed by atoms with van der Waals surface area (Å²) in [6.45, 7) is 5.59. The lowest BCUT2D eigenvalue weighted by Gasteiger charge is -2.19. The summed E-state index contributed by atoms with van der Waals surface area (Å²) in [6.07, 6.45) is 7.21. The van der Waals surface area contributed by atoms with Gasteiger partial charge in [-0.2, -0.15) is 0 Å². The van der Waals surface area contributed by atoms with Gasteiger partial charge in [0.15, 0.2) is 15.6 Å². The molecule has 11 heteroatoms. The van der Waals surface area contributed by atoms with Crippen molar-refractivity contribution in [2.45, 2.75) is 88.4 Å². The maximum atomic E-state index is 12.9. The molecule has 1 heterocycles. The second-order valence-corrected chi connectivity index (χ2v) is 13.4. The summed E-state index contributed by atoms with van der Waals surface area (Å²) in [6, 6.07) is 13.8. The highest BCUT2D eigenvalue weighted by Gasteiger charge is 2.19. The second kappa shape index (κ2) is 16.1.